The highest BCUT2D eigenvalue weighted by atomic mass is 32.2. The third-order valence-corrected chi connectivity index (χ3v) is 14.6. The standard InChI is InChI=1S/C33H57N3O3S/c1-22(2)8-7-9-23(3)27-10-11-28-26-18-30(35-17-14-24-20-34-21-36-24)33(37)19-25(40(6,38)39)12-16-32(33,5)29(26)13-15-31(27,28)4/h20-23,25-30,35,37H,7-19H2,1-6H3,(H,34,36)/t23?,25-,26-,27+,28-,29-,30+,31+,32+,33-/m0/s1. The number of hydrogen-bond donors (Lipinski definition) is 3. The summed E-state index contributed by atoms with van der Waals surface area (Å²) in [6.45, 7) is 12.9. The second-order valence-electron chi connectivity index (χ2n) is 15.5. The molecule has 0 saturated heterocycles. The van der Waals surface area contributed by atoms with E-state index in [0.717, 1.165) is 49.3 Å². The molecule has 1 aromatic rings. The van der Waals surface area contributed by atoms with Crippen LogP contribution in [0.1, 0.15) is 111 Å². The van der Waals surface area contributed by atoms with Crippen LogP contribution >= 0.6 is 0 Å². The van der Waals surface area contributed by atoms with Crippen LogP contribution in [0.4, 0.5) is 0 Å². The molecule has 4 fully saturated rings. The van der Waals surface area contributed by atoms with Gasteiger partial charge in [0.1, 0.15) is 9.84 Å². The van der Waals surface area contributed by atoms with Crippen molar-refractivity contribution >= 4 is 9.84 Å². The number of nitrogens with zero attached hydrogens (tertiary/aromatic N) is 1. The molecule has 4 saturated carbocycles. The summed E-state index contributed by atoms with van der Waals surface area (Å²) in [5.41, 5.74) is 0.127. The van der Waals surface area contributed by atoms with Gasteiger partial charge in [0.25, 0.3) is 0 Å². The molecule has 6 nitrogen and oxygen atoms in total. The van der Waals surface area contributed by atoms with Gasteiger partial charge in [0.05, 0.1) is 22.9 Å². The summed E-state index contributed by atoms with van der Waals surface area (Å²) in [7, 11) is -3.21. The average Bonchev–Trinajstić information content (AvgIpc) is 3.51. The van der Waals surface area contributed by atoms with E-state index in [0.29, 0.717) is 36.0 Å². The van der Waals surface area contributed by atoms with E-state index in [-0.39, 0.29) is 11.5 Å². The predicted octanol–water partition coefficient (Wildman–Crippen LogP) is 6.17. The largest absolute Gasteiger partial charge is 0.388 e. The molecule has 40 heavy (non-hydrogen) atoms. The first-order chi connectivity index (χ1) is 18.8. The Hall–Kier alpha value is -0.920. The van der Waals surface area contributed by atoms with Crippen LogP contribution in [0.15, 0.2) is 12.5 Å². The number of aromatic nitrogens is 2. The molecule has 0 bridgehead atoms. The number of aliphatic hydroxyl groups is 1. The van der Waals surface area contributed by atoms with Crippen molar-refractivity contribution in [3.05, 3.63) is 18.2 Å². The zero-order valence-electron chi connectivity index (χ0n) is 26.1. The fourth-order valence-electron chi connectivity index (χ4n) is 10.7. The topological polar surface area (TPSA) is 95.1 Å². The fraction of sp³-hybridized carbons (Fsp3) is 0.909. The van der Waals surface area contributed by atoms with Crippen LogP contribution in [0.3, 0.4) is 0 Å². The van der Waals surface area contributed by atoms with Gasteiger partial charge in [-0.1, -0.05) is 53.9 Å². The van der Waals surface area contributed by atoms with Crippen LogP contribution in [0.5, 0.6) is 0 Å². The number of aromatic amines is 1. The molecule has 10 atom stereocenters. The number of H-pyrrole nitrogens is 1. The van der Waals surface area contributed by atoms with Gasteiger partial charge in [-0.25, -0.2) is 13.4 Å². The number of fused-ring (bicyclic) bond motifs is 5. The molecule has 3 N–H and O–H groups in total. The number of rotatable bonds is 10. The third kappa shape index (κ3) is 5.34. The Labute approximate surface area is 244 Å². The van der Waals surface area contributed by atoms with Crippen molar-refractivity contribution in [1.29, 1.82) is 0 Å². The van der Waals surface area contributed by atoms with E-state index in [1.54, 1.807) is 6.33 Å². The van der Waals surface area contributed by atoms with E-state index < -0.39 is 20.7 Å². The van der Waals surface area contributed by atoms with Crippen molar-refractivity contribution in [3.63, 3.8) is 0 Å². The van der Waals surface area contributed by atoms with Gasteiger partial charge in [0, 0.05) is 36.9 Å². The van der Waals surface area contributed by atoms with Gasteiger partial charge in [-0.05, 0) is 92.3 Å². The van der Waals surface area contributed by atoms with Crippen LogP contribution in [0, 0.1) is 46.3 Å². The molecule has 0 aliphatic heterocycles. The highest BCUT2D eigenvalue weighted by Gasteiger charge is 2.68. The number of sulfone groups is 1. The molecule has 0 radical (unpaired) electrons. The Kier molecular flexibility index (Phi) is 8.62. The van der Waals surface area contributed by atoms with Gasteiger partial charge >= 0.3 is 0 Å². The quantitative estimate of drug-likeness (QED) is 0.310. The van der Waals surface area contributed by atoms with Gasteiger partial charge in [-0.3, -0.25) is 0 Å². The Morgan fingerprint density at radius 3 is 2.55 bits per heavy atom. The summed E-state index contributed by atoms with van der Waals surface area (Å²) >= 11 is 0. The van der Waals surface area contributed by atoms with Crippen molar-refractivity contribution < 1.29 is 13.5 Å². The number of nitrogens with one attached hydrogen (secondary N) is 2. The maximum Gasteiger partial charge on any atom is 0.150 e. The smallest absolute Gasteiger partial charge is 0.150 e. The highest BCUT2D eigenvalue weighted by Crippen LogP contribution is 2.69. The molecule has 4 aliphatic rings. The molecular weight excluding hydrogens is 518 g/mol. The van der Waals surface area contributed by atoms with Crippen molar-refractivity contribution in [3.8, 4) is 0 Å². The van der Waals surface area contributed by atoms with Crippen LogP contribution in [-0.2, 0) is 16.3 Å². The summed E-state index contributed by atoms with van der Waals surface area (Å²) in [4.78, 5) is 7.43. The van der Waals surface area contributed by atoms with Crippen LogP contribution in [-0.4, -0.2) is 53.2 Å². The zero-order valence-corrected chi connectivity index (χ0v) is 26.9. The van der Waals surface area contributed by atoms with Gasteiger partial charge in [-0.15, -0.1) is 0 Å². The first kappa shape index (κ1) is 30.5. The first-order valence-electron chi connectivity index (χ1n) is 16.4. The van der Waals surface area contributed by atoms with E-state index in [9.17, 15) is 13.5 Å². The minimum absolute atomic E-state index is 0.0906. The predicted molar refractivity (Wildman–Crippen MR) is 163 cm³/mol. The van der Waals surface area contributed by atoms with Gasteiger partial charge in [0.15, 0.2) is 0 Å². The average molecular weight is 576 g/mol. The summed E-state index contributed by atoms with van der Waals surface area (Å²) in [5.74, 6) is 4.12. The number of imidazole rings is 1. The molecule has 228 valence electrons. The van der Waals surface area contributed by atoms with Crippen molar-refractivity contribution in [2.24, 2.45) is 46.3 Å². The normalized spacial score (nSPS) is 42.3. The highest BCUT2D eigenvalue weighted by molar-refractivity contribution is 7.91. The van der Waals surface area contributed by atoms with Crippen LogP contribution < -0.4 is 5.32 Å². The van der Waals surface area contributed by atoms with Crippen molar-refractivity contribution in [2.75, 3.05) is 12.8 Å². The Morgan fingerprint density at radius 2 is 1.88 bits per heavy atom. The molecule has 0 spiro atoms. The Morgan fingerprint density at radius 1 is 1.10 bits per heavy atom. The number of hydrogen-bond acceptors (Lipinski definition) is 5. The summed E-state index contributed by atoms with van der Waals surface area (Å²) in [5, 5.41) is 16.0. The monoisotopic (exact) mass is 575 g/mol. The van der Waals surface area contributed by atoms with Crippen molar-refractivity contribution in [2.45, 2.75) is 129 Å². The molecule has 0 aromatic carbocycles. The second kappa shape index (κ2) is 11.3. The Bertz CT molecular complexity index is 1110. The summed E-state index contributed by atoms with van der Waals surface area (Å²) in [6.07, 6.45) is 17.7. The molecule has 1 heterocycles. The molecule has 7 heteroatoms. The maximum absolute atomic E-state index is 12.7. The molecular formula is C33H57N3O3S. The fourth-order valence-corrected chi connectivity index (χ4v) is 11.8. The third-order valence-electron chi connectivity index (χ3n) is 13.0. The van der Waals surface area contributed by atoms with E-state index in [1.165, 1.54) is 51.2 Å². The van der Waals surface area contributed by atoms with E-state index >= 15 is 0 Å². The molecule has 1 aromatic heterocycles. The van der Waals surface area contributed by atoms with E-state index in [1.807, 2.05) is 6.20 Å². The van der Waals surface area contributed by atoms with E-state index in [4.69, 9.17) is 0 Å². The lowest BCUT2D eigenvalue weighted by atomic mass is 9.42. The summed E-state index contributed by atoms with van der Waals surface area (Å²) in [6, 6.07) is -0.0906. The van der Waals surface area contributed by atoms with Gasteiger partial charge < -0.3 is 15.4 Å². The maximum atomic E-state index is 12.7. The summed E-state index contributed by atoms with van der Waals surface area (Å²) < 4.78 is 25.5. The lowest BCUT2D eigenvalue weighted by Crippen LogP contribution is -2.72. The second-order valence-corrected chi connectivity index (χ2v) is 17.8. The van der Waals surface area contributed by atoms with Gasteiger partial charge in [-0.2, -0.15) is 0 Å². The molecule has 1 unspecified atom stereocenters. The molecule has 0 amide bonds. The van der Waals surface area contributed by atoms with Crippen LogP contribution in [0.2, 0.25) is 0 Å². The molecule has 4 aliphatic carbocycles. The van der Waals surface area contributed by atoms with Gasteiger partial charge in [0.2, 0.25) is 0 Å². The zero-order chi connectivity index (χ0) is 28.9. The minimum Gasteiger partial charge on any atom is -0.388 e. The first-order valence-corrected chi connectivity index (χ1v) is 18.4. The van der Waals surface area contributed by atoms with E-state index in [2.05, 4.69) is 49.9 Å². The van der Waals surface area contributed by atoms with Crippen LogP contribution in [0.25, 0.3) is 0 Å². The lowest BCUT2D eigenvalue weighted by Gasteiger charge is -2.66. The molecule has 5 rings (SSSR count). The van der Waals surface area contributed by atoms with Crippen molar-refractivity contribution in [1.82, 2.24) is 15.3 Å². The minimum atomic E-state index is -3.21. The lowest BCUT2D eigenvalue weighted by molar-refractivity contribution is -0.219. The SMILES string of the molecule is CC(C)CCCC(C)[C@H]1CC[C@H]2[C@@H]3C[C@@H](NCCc4c[nH]cn4)[C@@]4(O)C[C@@H](S(C)(=O)=O)CC[C@]4(C)[C@H]3CC[C@]12C. The Balaban J connectivity index is 1.39.